The van der Waals surface area contributed by atoms with Crippen LogP contribution in [0.5, 0.6) is 5.75 Å². The van der Waals surface area contributed by atoms with E-state index in [1.54, 1.807) is 16.3 Å². The molecule has 2 aliphatic rings. The Labute approximate surface area is 184 Å². The van der Waals surface area contributed by atoms with E-state index in [1.807, 2.05) is 54.6 Å². The van der Waals surface area contributed by atoms with Crippen molar-refractivity contribution in [3.05, 3.63) is 65.7 Å². The SMILES string of the molecule is COc1ccc(CN2C[C@@H]3CCN(C(=O)NCc4ccccc4)CC[C@@H]3S2(=O)=O)cc1. The summed E-state index contributed by atoms with van der Waals surface area (Å²) in [5, 5.41) is 2.53. The monoisotopic (exact) mass is 443 g/mol. The van der Waals surface area contributed by atoms with Crippen molar-refractivity contribution in [2.75, 3.05) is 26.7 Å². The first-order valence-electron chi connectivity index (χ1n) is 10.7. The fraction of sp³-hybridized carbons (Fsp3) is 0.435. The highest BCUT2D eigenvalue weighted by Gasteiger charge is 2.47. The molecule has 2 heterocycles. The van der Waals surface area contributed by atoms with Gasteiger partial charge in [-0.2, -0.15) is 4.31 Å². The number of urea groups is 1. The minimum absolute atomic E-state index is 0.0511. The predicted molar refractivity (Wildman–Crippen MR) is 119 cm³/mol. The van der Waals surface area contributed by atoms with E-state index in [9.17, 15) is 13.2 Å². The molecule has 7 nitrogen and oxygen atoms in total. The van der Waals surface area contributed by atoms with E-state index in [1.165, 1.54) is 0 Å². The highest BCUT2D eigenvalue weighted by molar-refractivity contribution is 7.90. The molecule has 0 bridgehead atoms. The molecule has 0 spiro atoms. The molecule has 8 heteroatoms. The van der Waals surface area contributed by atoms with Crippen LogP contribution in [0, 0.1) is 5.92 Å². The van der Waals surface area contributed by atoms with Crippen molar-refractivity contribution in [3.63, 3.8) is 0 Å². The van der Waals surface area contributed by atoms with Crippen LogP contribution in [0.25, 0.3) is 0 Å². The molecule has 2 aromatic carbocycles. The van der Waals surface area contributed by atoms with Gasteiger partial charge in [0, 0.05) is 32.7 Å². The number of hydrogen-bond acceptors (Lipinski definition) is 4. The summed E-state index contributed by atoms with van der Waals surface area (Å²) >= 11 is 0. The average Bonchev–Trinajstić information content (AvgIpc) is 2.92. The lowest BCUT2D eigenvalue weighted by atomic mass is 10.0. The van der Waals surface area contributed by atoms with E-state index < -0.39 is 15.3 Å². The van der Waals surface area contributed by atoms with Crippen LogP contribution in [0.3, 0.4) is 0 Å². The first-order chi connectivity index (χ1) is 15.0. The maximum Gasteiger partial charge on any atom is 0.317 e. The van der Waals surface area contributed by atoms with Crippen LogP contribution < -0.4 is 10.1 Å². The lowest BCUT2D eigenvalue weighted by Crippen LogP contribution is -2.41. The summed E-state index contributed by atoms with van der Waals surface area (Å²) in [7, 11) is -1.78. The maximum absolute atomic E-state index is 13.2. The van der Waals surface area contributed by atoms with Gasteiger partial charge in [0.15, 0.2) is 0 Å². The Bertz CT molecular complexity index is 995. The van der Waals surface area contributed by atoms with Gasteiger partial charge in [-0.25, -0.2) is 13.2 Å². The number of fused-ring (bicyclic) bond motifs is 1. The zero-order valence-electron chi connectivity index (χ0n) is 17.7. The molecular formula is C23H29N3O4S. The highest BCUT2D eigenvalue weighted by atomic mass is 32.2. The summed E-state index contributed by atoms with van der Waals surface area (Å²) in [6.07, 6.45) is 1.17. The van der Waals surface area contributed by atoms with E-state index >= 15 is 0 Å². The molecule has 2 aromatic rings. The van der Waals surface area contributed by atoms with Gasteiger partial charge in [0.2, 0.25) is 10.0 Å². The van der Waals surface area contributed by atoms with Crippen LogP contribution in [0.15, 0.2) is 54.6 Å². The quantitative estimate of drug-likeness (QED) is 0.771. The van der Waals surface area contributed by atoms with Crippen molar-refractivity contribution >= 4 is 16.1 Å². The summed E-state index contributed by atoms with van der Waals surface area (Å²) in [4.78, 5) is 14.4. The Hall–Kier alpha value is -2.58. The normalized spacial score (nSPS) is 23.1. The van der Waals surface area contributed by atoms with Gasteiger partial charge in [-0.1, -0.05) is 42.5 Å². The number of hydrogen-bond donors (Lipinski definition) is 1. The number of benzene rings is 2. The predicted octanol–water partition coefficient (Wildman–Crippen LogP) is 2.83. The number of carbonyl (C=O) groups excluding carboxylic acids is 1. The van der Waals surface area contributed by atoms with Crippen molar-refractivity contribution < 1.29 is 17.9 Å². The standard InChI is InChI=1S/C23H29N3O4S/c1-30-21-9-7-19(8-10-21)16-26-17-20-11-13-25(14-12-22(20)31(26,28)29)23(27)24-15-18-5-3-2-4-6-18/h2-10,20,22H,11-17H2,1H3,(H,24,27)/t20-,22-/m0/s1. The van der Waals surface area contributed by atoms with Crippen LogP contribution in [0.1, 0.15) is 24.0 Å². The molecule has 2 aliphatic heterocycles. The Balaban J connectivity index is 1.35. The fourth-order valence-corrected chi connectivity index (χ4v) is 6.70. The van der Waals surface area contributed by atoms with Gasteiger partial charge in [0.25, 0.3) is 0 Å². The van der Waals surface area contributed by atoms with Gasteiger partial charge >= 0.3 is 6.03 Å². The zero-order chi connectivity index (χ0) is 21.8. The molecule has 0 aromatic heterocycles. The summed E-state index contributed by atoms with van der Waals surface area (Å²) in [5.41, 5.74) is 1.99. The largest absolute Gasteiger partial charge is 0.497 e. The first kappa shape index (κ1) is 21.6. The lowest BCUT2D eigenvalue weighted by Gasteiger charge is -2.22. The zero-order valence-corrected chi connectivity index (χ0v) is 18.6. The third kappa shape index (κ3) is 4.85. The van der Waals surface area contributed by atoms with Crippen LogP contribution in [-0.2, 0) is 23.1 Å². The topological polar surface area (TPSA) is 79.0 Å². The number of nitrogens with zero attached hydrogens (tertiary/aromatic N) is 2. The lowest BCUT2D eigenvalue weighted by molar-refractivity contribution is 0.198. The van der Waals surface area contributed by atoms with Gasteiger partial charge < -0.3 is 15.0 Å². The molecule has 2 atom stereocenters. The molecule has 166 valence electrons. The number of sulfonamides is 1. The minimum atomic E-state index is -3.39. The molecule has 4 rings (SSSR count). The van der Waals surface area contributed by atoms with Crippen molar-refractivity contribution in [1.29, 1.82) is 0 Å². The molecule has 2 amide bonds. The number of rotatable bonds is 5. The van der Waals surface area contributed by atoms with Crippen LogP contribution in [0.2, 0.25) is 0 Å². The molecule has 0 unspecified atom stereocenters. The molecule has 0 radical (unpaired) electrons. The van der Waals surface area contributed by atoms with E-state index in [-0.39, 0.29) is 11.9 Å². The third-order valence-corrected chi connectivity index (χ3v) is 8.64. The average molecular weight is 444 g/mol. The van der Waals surface area contributed by atoms with Crippen LogP contribution in [-0.4, -0.2) is 55.6 Å². The summed E-state index contributed by atoms with van der Waals surface area (Å²) < 4.78 is 33.1. The van der Waals surface area contributed by atoms with Crippen molar-refractivity contribution in [3.8, 4) is 5.75 Å². The Morgan fingerprint density at radius 2 is 1.74 bits per heavy atom. The van der Waals surface area contributed by atoms with Crippen molar-refractivity contribution in [2.24, 2.45) is 5.92 Å². The number of amides is 2. The van der Waals surface area contributed by atoms with Gasteiger partial charge in [-0.3, -0.25) is 0 Å². The summed E-state index contributed by atoms with van der Waals surface area (Å²) in [6.45, 7) is 2.39. The van der Waals surface area contributed by atoms with Crippen molar-refractivity contribution in [2.45, 2.75) is 31.2 Å². The Kier molecular flexibility index (Phi) is 6.48. The van der Waals surface area contributed by atoms with Crippen molar-refractivity contribution in [1.82, 2.24) is 14.5 Å². The molecule has 0 saturated carbocycles. The number of nitrogens with one attached hydrogen (secondary N) is 1. The second kappa shape index (κ2) is 9.28. The number of ether oxygens (including phenoxy) is 1. The molecule has 2 fully saturated rings. The third-order valence-electron chi connectivity index (χ3n) is 6.25. The van der Waals surface area contributed by atoms with Gasteiger partial charge in [-0.05, 0) is 42.0 Å². The number of methoxy groups -OCH3 is 1. The molecule has 31 heavy (non-hydrogen) atoms. The summed E-state index contributed by atoms with van der Waals surface area (Å²) in [6, 6.07) is 17.1. The molecule has 1 N–H and O–H groups in total. The molecular weight excluding hydrogens is 414 g/mol. The maximum atomic E-state index is 13.2. The second-order valence-electron chi connectivity index (χ2n) is 8.19. The number of likely N-dealkylation sites (tertiary alicyclic amines) is 1. The number of carbonyl (C=O) groups is 1. The highest BCUT2D eigenvalue weighted by Crippen LogP contribution is 2.35. The smallest absolute Gasteiger partial charge is 0.317 e. The van der Waals surface area contributed by atoms with Gasteiger partial charge in [0.1, 0.15) is 5.75 Å². The Morgan fingerprint density at radius 3 is 2.45 bits per heavy atom. The van der Waals surface area contributed by atoms with E-state index in [0.29, 0.717) is 45.6 Å². The minimum Gasteiger partial charge on any atom is -0.497 e. The van der Waals surface area contributed by atoms with Crippen LogP contribution in [0.4, 0.5) is 4.79 Å². The van der Waals surface area contributed by atoms with E-state index in [2.05, 4.69) is 5.32 Å². The van der Waals surface area contributed by atoms with Gasteiger partial charge in [0.05, 0.1) is 12.4 Å². The Morgan fingerprint density at radius 1 is 1.03 bits per heavy atom. The van der Waals surface area contributed by atoms with E-state index in [0.717, 1.165) is 16.9 Å². The fourth-order valence-electron chi connectivity index (χ4n) is 4.47. The molecule has 2 saturated heterocycles. The van der Waals surface area contributed by atoms with E-state index in [4.69, 9.17) is 4.74 Å². The molecule has 0 aliphatic carbocycles. The van der Waals surface area contributed by atoms with Crippen LogP contribution >= 0.6 is 0 Å². The second-order valence-corrected chi connectivity index (χ2v) is 10.3. The summed E-state index contributed by atoms with van der Waals surface area (Å²) in [5.74, 6) is 0.805. The first-order valence-corrected chi connectivity index (χ1v) is 12.2. The van der Waals surface area contributed by atoms with Gasteiger partial charge in [-0.15, -0.1) is 0 Å².